The molecule has 5 heterocycles. The van der Waals surface area contributed by atoms with E-state index >= 15 is 0 Å². The number of hydrogen-bond acceptors (Lipinski definition) is 46. The Morgan fingerprint density at radius 2 is 0.691 bits per heavy atom. The molecule has 0 aromatic heterocycles. The first kappa shape index (κ1) is 89.4. The van der Waals surface area contributed by atoms with E-state index in [1.807, 2.05) is 0 Å². The van der Waals surface area contributed by atoms with Crippen molar-refractivity contribution >= 4 is 105 Å². The highest BCUT2D eigenvalue weighted by Crippen LogP contribution is 2.38. The van der Waals surface area contributed by atoms with E-state index in [1.54, 1.807) is 9.44 Å². The van der Waals surface area contributed by atoms with Crippen LogP contribution in [0.25, 0.3) is 0 Å². The number of aliphatic hydroxyl groups excluding tert-OH is 4. The smallest absolute Gasteiger partial charge is 0.217 e. The monoisotopic (exact) mass is 1560 g/mol. The molecule has 0 spiro atoms. The fourth-order valence-electron chi connectivity index (χ4n) is 8.42. The largest absolute Gasteiger partial charge is 0.735 e. The molecule has 0 aromatic rings. The third-order valence-corrected chi connectivity index (χ3v) is 17.9. The van der Waals surface area contributed by atoms with Crippen molar-refractivity contribution in [3.05, 3.63) is 0 Å². The van der Waals surface area contributed by atoms with Crippen LogP contribution in [0.3, 0.4) is 0 Å². The molecule has 560 valence electrons. The Morgan fingerprint density at radius 3 is 0.968 bits per heavy atom. The molecule has 19 atom stereocenters. The Balaban J connectivity index is 0.000000592. The van der Waals surface area contributed by atoms with Crippen molar-refractivity contribution in [1.82, 2.24) is 14.2 Å². The summed E-state index contributed by atoms with van der Waals surface area (Å²) in [5.74, 6) is -6.41. The molecule has 0 saturated carbocycles. The number of ether oxygens (including phenoxy) is 5. The van der Waals surface area contributed by atoms with Crippen LogP contribution in [-0.4, -0.2) is 293 Å². The lowest BCUT2D eigenvalue weighted by Crippen LogP contribution is -2.62. The van der Waals surface area contributed by atoms with Gasteiger partial charge in [-0.1, -0.05) is 41.5 Å². The van der Waals surface area contributed by atoms with Crippen LogP contribution in [0.5, 0.6) is 0 Å². The van der Waals surface area contributed by atoms with Gasteiger partial charge in [0.15, 0.2) is 30.9 Å². The predicted molar refractivity (Wildman–Crippen MR) is 274 cm³/mol. The zero-order valence-electron chi connectivity index (χ0n) is 48.2. The zero-order chi connectivity index (χ0) is 73.7. The summed E-state index contributed by atoms with van der Waals surface area (Å²) in [4.78, 5) is 21.0. The maximum Gasteiger partial charge on any atom is 0.217 e. The van der Waals surface area contributed by atoms with E-state index in [9.17, 15) is 157 Å². The van der Waals surface area contributed by atoms with Crippen LogP contribution >= 0.6 is 0 Å². The van der Waals surface area contributed by atoms with Gasteiger partial charge in [0.2, 0.25) is 62.4 Å². The molecular weight excluding hydrogens is 1500 g/mol. The normalized spacial score (nSPS) is 33.0. The summed E-state index contributed by atoms with van der Waals surface area (Å²) in [6, 6.07) is -3.44. The molecule has 5 saturated heterocycles. The van der Waals surface area contributed by atoms with Gasteiger partial charge < -0.3 is 105 Å². The predicted octanol–water partition coefficient (Wildman–Crippen LogP) is -14.3. The third kappa shape index (κ3) is 34.5. The van der Waals surface area contributed by atoms with Gasteiger partial charge in [-0.25, -0.2) is 89.9 Å². The van der Waals surface area contributed by atoms with Gasteiger partial charge in [-0.05, 0) is 0 Å². The molecule has 94 heavy (non-hydrogen) atoms. The second kappa shape index (κ2) is 35.6. The Morgan fingerprint density at radius 1 is 0.404 bits per heavy atom. The number of rotatable bonds is 23. The molecule has 49 nitrogen and oxygen atoms in total. The first-order chi connectivity index (χ1) is 41.9. The van der Waals surface area contributed by atoms with E-state index in [0.717, 1.165) is 0 Å². The highest BCUT2D eigenvalue weighted by molar-refractivity contribution is 7.84. The Bertz CT molecular complexity index is 3370. The molecule has 0 radical (unpaired) electrons. The minimum atomic E-state index is -5.31. The average molecular weight is 1560 g/mol. The van der Waals surface area contributed by atoms with E-state index in [0.29, 0.717) is 0 Å². The fraction of sp³-hybridized carbons (Fsp3) is 0.944. The lowest BCUT2D eigenvalue weighted by molar-refractivity contribution is -0.326. The summed E-state index contributed by atoms with van der Waals surface area (Å²) in [6.07, 6.45) is -16.3. The van der Waals surface area contributed by atoms with Crippen molar-refractivity contribution < 1.29 is 206 Å². The first-order valence-electron chi connectivity index (χ1n) is 25.1. The Labute approximate surface area is 537 Å². The van der Waals surface area contributed by atoms with Gasteiger partial charge in [-0.15, -0.1) is 0 Å². The number of carbonyl (C=O) groups excluding carboxylic acids is 2. The summed E-state index contributed by atoms with van der Waals surface area (Å²) in [7, 11) is -44.5. The zero-order valence-corrected chi connectivity index (χ0v) is 55.6. The first-order valence-corrected chi connectivity index (χ1v) is 37.3. The van der Waals surface area contributed by atoms with Crippen molar-refractivity contribution in [2.45, 2.75) is 133 Å². The third-order valence-electron chi connectivity index (χ3n) is 13.4. The van der Waals surface area contributed by atoms with Gasteiger partial charge in [0.1, 0.15) is 42.7 Å². The van der Waals surface area contributed by atoms with Crippen molar-refractivity contribution in [2.24, 2.45) is 29.1 Å². The second-order valence-corrected chi connectivity index (χ2v) is 30.2. The van der Waals surface area contributed by atoms with E-state index in [2.05, 4.69) is 34.6 Å². The number of carboxylic acid groups (broad SMARTS) is 2. The van der Waals surface area contributed by atoms with Crippen LogP contribution in [-0.2, 0) is 152 Å². The van der Waals surface area contributed by atoms with Gasteiger partial charge in [0, 0.05) is 41.2 Å². The topological polar surface area (TPSA) is 814 Å². The SMILES string of the molecule is CC1(C)C(COS(=O)(=O)[O-])OCC(NS(=O)(=O)[O-])C1OS(=O)(=O)[O-].CC1C(NS(=O)(=O)[O-])COC(COS(=O)(=O)[O-])C1O.CC1C(NS(=O)(=O)[O-])COC(COS(=O)(=O)[O-])C1O.CC1C(OS(=O)(=O)[O-])COC(C(=O)[O-])C1O.CC1C(OS(=O)(=O)[O-])COC(C(=O)[O-])C1O. The molecule has 0 aromatic carbocycles. The number of nitrogens with one attached hydrogen (secondary N) is 3. The van der Waals surface area contributed by atoms with E-state index < -0.39 is 265 Å². The van der Waals surface area contributed by atoms with E-state index in [4.69, 9.17) is 14.2 Å². The summed E-state index contributed by atoms with van der Waals surface area (Å²) < 4.78 is 337. The van der Waals surface area contributed by atoms with Crippen LogP contribution < -0.4 is 24.4 Å². The number of hydrogen-bond donors (Lipinski definition) is 7. The molecule has 5 aliphatic rings. The van der Waals surface area contributed by atoms with Crippen LogP contribution in [0.2, 0.25) is 0 Å². The van der Waals surface area contributed by atoms with E-state index in [-0.39, 0.29) is 13.2 Å². The lowest BCUT2D eigenvalue weighted by Gasteiger charge is -2.48. The molecule has 0 aliphatic carbocycles. The van der Waals surface area contributed by atoms with Crippen LogP contribution in [0.1, 0.15) is 41.5 Å². The Kier molecular flexibility index (Phi) is 33.9. The molecular formula is C36H60N3O46S9-11. The van der Waals surface area contributed by atoms with Gasteiger partial charge in [-0.3, -0.25) is 25.1 Å². The standard InChI is InChI=1S/C8H17NO12S3.2C7H15NO9S2.2C7H12O8S/c1-8(2)6(4-20-23(13,14)15)19-3-5(9-22(10,11)12)7(8)21-24(16,17)18;2*1-4-5(8-18(10,11)12)2-16-6(7(4)9)3-17-19(13,14)15;2*1-3-4(15-16(11,12)13)2-14-6(5(3)8)7(9)10/h5-7,9H,3-4H2,1-2H3,(H,10,11,12)(H,13,14,15)(H,16,17,18);2*4-9H,2-3H2,1H3,(H,10,11,12)(H,13,14,15);2*3-6,8H,2H2,1H3,(H,9,10)(H,11,12,13)/p-11. The molecule has 0 bridgehead atoms. The highest BCUT2D eigenvalue weighted by Gasteiger charge is 2.50. The van der Waals surface area contributed by atoms with Crippen molar-refractivity contribution in [1.29, 1.82) is 0 Å². The van der Waals surface area contributed by atoms with Gasteiger partial charge >= 0.3 is 0 Å². The quantitative estimate of drug-likeness (QED) is 0.0369. The summed E-state index contributed by atoms with van der Waals surface area (Å²) in [6.45, 7) is 3.84. The maximum atomic E-state index is 10.9. The highest BCUT2D eigenvalue weighted by atomic mass is 32.3. The lowest BCUT2D eigenvalue weighted by atomic mass is 9.76. The van der Waals surface area contributed by atoms with Crippen LogP contribution in [0.4, 0.5) is 0 Å². The van der Waals surface area contributed by atoms with Crippen molar-refractivity contribution in [2.75, 3.05) is 52.9 Å². The fourth-order valence-corrected chi connectivity index (χ4v) is 12.9. The van der Waals surface area contributed by atoms with Crippen LogP contribution in [0.15, 0.2) is 0 Å². The number of aliphatic carboxylic acids is 2. The van der Waals surface area contributed by atoms with Crippen molar-refractivity contribution in [3.8, 4) is 0 Å². The van der Waals surface area contributed by atoms with E-state index in [1.165, 1.54) is 46.3 Å². The number of carbonyl (C=O) groups is 2. The molecule has 19 unspecified atom stereocenters. The van der Waals surface area contributed by atoms with Gasteiger partial charge in [-0.2, -0.15) is 0 Å². The molecule has 58 heteroatoms. The summed E-state index contributed by atoms with van der Waals surface area (Å²) in [5, 5.41) is 59.4. The van der Waals surface area contributed by atoms with Crippen LogP contribution in [0, 0.1) is 29.1 Å². The number of carboxylic acids is 2. The minimum absolute atomic E-state index is 0.257. The molecule has 5 aliphatic heterocycles. The molecule has 5 fully saturated rings. The van der Waals surface area contributed by atoms with Crippen molar-refractivity contribution in [3.63, 3.8) is 0 Å². The minimum Gasteiger partial charge on any atom is -0.735 e. The molecule has 5 rings (SSSR count). The van der Waals surface area contributed by atoms with Gasteiger partial charge in [0.05, 0.1) is 101 Å². The molecule has 0 amide bonds. The summed E-state index contributed by atoms with van der Waals surface area (Å²) in [5.41, 5.74) is -1.54. The second-order valence-electron chi connectivity index (χ2n) is 20.6. The Hall–Kier alpha value is -2.59. The number of aliphatic hydroxyl groups is 4. The molecule has 7 N–H and O–H groups in total. The summed E-state index contributed by atoms with van der Waals surface area (Å²) >= 11 is 0. The average Bonchev–Trinajstić information content (AvgIpc) is 0.780. The van der Waals surface area contributed by atoms with Gasteiger partial charge in [0.25, 0.3) is 0 Å². The maximum absolute atomic E-state index is 10.9.